The minimum Gasteiger partial charge on any atom is -0.396 e. The molecule has 0 saturated carbocycles. The van der Waals surface area contributed by atoms with Crippen LogP contribution in [0.15, 0.2) is 0 Å². The maximum atomic E-state index is 9.35. The van der Waals surface area contributed by atoms with Crippen molar-refractivity contribution >= 4 is 0 Å². The molecule has 0 atom stereocenters. The summed E-state index contributed by atoms with van der Waals surface area (Å²) in [5.74, 6) is 0. The minimum absolute atomic E-state index is 0.376. The van der Waals surface area contributed by atoms with E-state index >= 15 is 0 Å². The van der Waals surface area contributed by atoms with Crippen molar-refractivity contribution in [2.24, 2.45) is 5.41 Å². The van der Waals surface area contributed by atoms with Crippen LogP contribution in [-0.2, 0) is 0 Å². The molecule has 0 spiro atoms. The van der Waals surface area contributed by atoms with E-state index in [-0.39, 0.29) is 0 Å². The van der Waals surface area contributed by atoms with E-state index in [1.54, 1.807) is 0 Å². The van der Waals surface area contributed by atoms with Crippen molar-refractivity contribution in [3.8, 4) is 0 Å². The van der Waals surface area contributed by atoms with Crippen LogP contribution >= 0.6 is 0 Å². The lowest BCUT2D eigenvalue weighted by atomic mass is 9.70. The second-order valence-electron chi connectivity index (χ2n) is 10.2. The summed E-state index contributed by atoms with van der Waals surface area (Å²) in [6.07, 6.45) is 33.5. The van der Waals surface area contributed by atoms with Gasteiger partial charge in [-0.2, -0.15) is 0 Å². The summed E-state index contributed by atoms with van der Waals surface area (Å²) in [7, 11) is 0. The van der Waals surface area contributed by atoms with Crippen LogP contribution in [0.5, 0.6) is 0 Å². The molecule has 0 aliphatic heterocycles. The lowest BCUT2D eigenvalue weighted by molar-refractivity contribution is 0.165. The average Bonchev–Trinajstić information content (AvgIpc) is 2.75. The van der Waals surface area contributed by atoms with Gasteiger partial charge in [-0.1, -0.05) is 143 Å². The van der Waals surface area contributed by atoms with Gasteiger partial charge in [0.1, 0.15) is 0 Å². The van der Waals surface area contributed by atoms with Crippen LogP contribution in [0.1, 0.15) is 175 Å². The van der Waals surface area contributed by atoms with Gasteiger partial charge in [-0.05, 0) is 37.5 Å². The first-order valence-electron chi connectivity index (χ1n) is 14.4. The Morgan fingerprint density at radius 1 is 0.367 bits per heavy atom. The minimum atomic E-state index is 0.376. The molecular formula is C29H60O. The van der Waals surface area contributed by atoms with Gasteiger partial charge < -0.3 is 5.11 Å². The molecule has 0 aliphatic carbocycles. The van der Waals surface area contributed by atoms with E-state index in [1.165, 1.54) is 148 Å². The Balaban J connectivity index is 4.61. The van der Waals surface area contributed by atoms with Crippen molar-refractivity contribution in [2.75, 3.05) is 6.61 Å². The molecule has 0 heterocycles. The van der Waals surface area contributed by atoms with Crippen molar-refractivity contribution in [1.29, 1.82) is 0 Å². The highest BCUT2D eigenvalue weighted by Crippen LogP contribution is 2.42. The molecule has 1 heteroatoms. The molecule has 0 aromatic heterocycles. The van der Waals surface area contributed by atoms with Gasteiger partial charge in [0, 0.05) is 6.61 Å². The normalized spacial score (nSPS) is 12.0. The first-order valence-corrected chi connectivity index (χ1v) is 14.4. The van der Waals surface area contributed by atoms with E-state index in [0.29, 0.717) is 12.0 Å². The van der Waals surface area contributed by atoms with Crippen LogP contribution in [0.4, 0.5) is 0 Å². The Morgan fingerprint density at radius 2 is 0.633 bits per heavy atom. The van der Waals surface area contributed by atoms with E-state index in [4.69, 9.17) is 0 Å². The smallest absolute Gasteiger partial charge is 0.0431 e. The average molecular weight is 425 g/mol. The Kier molecular flexibility index (Phi) is 23.6. The highest BCUT2D eigenvalue weighted by molar-refractivity contribution is 4.80. The van der Waals surface area contributed by atoms with E-state index in [2.05, 4.69) is 20.8 Å². The summed E-state index contributed by atoms with van der Waals surface area (Å²) in [4.78, 5) is 0. The molecule has 0 saturated heterocycles. The quantitative estimate of drug-likeness (QED) is 0.144. The van der Waals surface area contributed by atoms with Gasteiger partial charge >= 0.3 is 0 Å². The third-order valence-corrected chi connectivity index (χ3v) is 7.30. The van der Waals surface area contributed by atoms with Crippen LogP contribution in [0.2, 0.25) is 0 Å². The summed E-state index contributed by atoms with van der Waals surface area (Å²) >= 11 is 0. The number of rotatable bonds is 25. The fourth-order valence-corrected chi connectivity index (χ4v) is 5.20. The first kappa shape index (κ1) is 30.0. The van der Waals surface area contributed by atoms with Crippen molar-refractivity contribution < 1.29 is 5.11 Å². The van der Waals surface area contributed by atoms with Crippen LogP contribution in [-0.4, -0.2) is 11.7 Å². The Bertz CT molecular complexity index is 271. The third kappa shape index (κ3) is 18.7. The van der Waals surface area contributed by atoms with Crippen molar-refractivity contribution in [3.63, 3.8) is 0 Å². The fraction of sp³-hybridized carbons (Fsp3) is 1.00. The summed E-state index contributed by atoms with van der Waals surface area (Å²) in [6, 6.07) is 0. The number of hydrogen-bond donors (Lipinski definition) is 1. The highest BCUT2D eigenvalue weighted by atomic mass is 16.2. The van der Waals surface area contributed by atoms with Crippen molar-refractivity contribution in [3.05, 3.63) is 0 Å². The van der Waals surface area contributed by atoms with Gasteiger partial charge in [-0.25, -0.2) is 0 Å². The molecule has 0 radical (unpaired) electrons. The molecule has 0 aromatic carbocycles. The van der Waals surface area contributed by atoms with Gasteiger partial charge in [-0.3, -0.25) is 0 Å². The molecule has 1 nitrogen and oxygen atoms in total. The second kappa shape index (κ2) is 23.6. The molecule has 1 N–H and O–H groups in total. The molecular weight excluding hydrogens is 364 g/mol. The van der Waals surface area contributed by atoms with E-state index < -0.39 is 0 Å². The largest absolute Gasteiger partial charge is 0.396 e. The zero-order chi connectivity index (χ0) is 22.2. The van der Waals surface area contributed by atoms with Gasteiger partial charge in [0.25, 0.3) is 0 Å². The van der Waals surface area contributed by atoms with E-state index in [9.17, 15) is 5.11 Å². The molecule has 0 aliphatic rings. The van der Waals surface area contributed by atoms with Crippen LogP contribution < -0.4 is 0 Å². The topological polar surface area (TPSA) is 20.2 Å². The molecule has 182 valence electrons. The molecule has 0 fully saturated rings. The van der Waals surface area contributed by atoms with Crippen LogP contribution in [0.25, 0.3) is 0 Å². The van der Waals surface area contributed by atoms with Gasteiger partial charge in [0.05, 0.1) is 0 Å². The summed E-state index contributed by atoms with van der Waals surface area (Å²) < 4.78 is 0. The molecule has 0 aromatic rings. The molecule has 0 rings (SSSR count). The van der Waals surface area contributed by atoms with Gasteiger partial charge in [-0.15, -0.1) is 0 Å². The van der Waals surface area contributed by atoms with Crippen molar-refractivity contribution in [2.45, 2.75) is 175 Å². The SMILES string of the molecule is CCCCCCCCC(CCCCO)(CCCCCCCC)CCCCCCCC. The van der Waals surface area contributed by atoms with Crippen molar-refractivity contribution in [1.82, 2.24) is 0 Å². The molecule has 0 amide bonds. The van der Waals surface area contributed by atoms with E-state index in [0.717, 1.165) is 6.42 Å². The number of aliphatic hydroxyl groups is 1. The standard InChI is InChI=1S/C29H60O/c1-4-7-10-13-16-19-24-29(27-22-23-28-30,25-20-17-14-11-8-5-2)26-21-18-15-12-9-6-3/h30H,4-28H2,1-3H3. The maximum absolute atomic E-state index is 9.35. The Morgan fingerprint density at radius 3 is 0.933 bits per heavy atom. The Hall–Kier alpha value is -0.0400. The Labute approximate surface area is 192 Å². The lowest BCUT2D eigenvalue weighted by Gasteiger charge is -2.35. The van der Waals surface area contributed by atoms with Gasteiger partial charge in [0.2, 0.25) is 0 Å². The highest BCUT2D eigenvalue weighted by Gasteiger charge is 2.28. The molecule has 30 heavy (non-hydrogen) atoms. The monoisotopic (exact) mass is 424 g/mol. The number of unbranched alkanes of at least 4 members (excludes halogenated alkanes) is 16. The van der Waals surface area contributed by atoms with Crippen LogP contribution in [0.3, 0.4) is 0 Å². The zero-order valence-electron chi connectivity index (χ0n) is 21.6. The lowest BCUT2D eigenvalue weighted by Crippen LogP contribution is -2.22. The summed E-state index contributed by atoms with van der Waals surface area (Å²) in [6.45, 7) is 7.31. The van der Waals surface area contributed by atoms with E-state index in [1.807, 2.05) is 0 Å². The van der Waals surface area contributed by atoms with Crippen LogP contribution in [0, 0.1) is 5.41 Å². The maximum Gasteiger partial charge on any atom is 0.0431 e. The fourth-order valence-electron chi connectivity index (χ4n) is 5.20. The summed E-state index contributed by atoms with van der Waals surface area (Å²) in [5.41, 5.74) is 0.579. The first-order chi connectivity index (χ1) is 14.7. The number of hydrogen-bond acceptors (Lipinski definition) is 1. The predicted octanol–water partition coefficient (Wildman–Crippen LogP) is 10.4. The molecule has 0 bridgehead atoms. The predicted molar refractivity (Wildman–Crippen MR) is 137 cm³/mol. The number of aliphatic hydroxyl groups excluding tert-OH is 1. The zero-order valence-corrected chi connectivity index (χ0v) is 21.6. The summed E-state index contributed by atoms with van der Waals surface area (Å²) in [5, 5.41) is 9.35. The van der Waals surface area contributed by atoms with Gasteiger partial charge in [0.15, 0.2) is 0 Å². The third-order valence-electron chi connectivity index (χ3n) is 7.30. The molecule has 0 unspecified atom stereocenters. The second-order valence-corrected chi connectivity index (χ2v) is 10.2.